The number of nitrogens with two attached hydrogens (primary N) is 1. The SMILES string of the molecule is CCC(C)N(CC)c1cc([N+](=O)[O-])c(O)c2c1CC1CC3[C@H](N(C)C)C(=O)C(C(N)=O)=C(O)[C@@]3(O)C(=O)C1=C2O.O=S(=O)(O)O. The normalized spacial score (nSPS) is 25.1. The molecule has 17 nitrogen and oxygen atoms in total. The first-order valence-electron chi connectivity index (χ1n) is 13.8. The highest BCUT2D eigenvalue weighted by Gasteiger charge is 2.64. The Kier molecular flexibility index (Phi) is 9.72. The van der Waals surface area contributed by atoms with E-state index in [2.05, 4.69) is 0 Å². The number of Topliss-reactive ketones (excluding diaryl/α,β-unsaturated/α-hetero) is 2. The number of primary amides is 1. The molecule has 0 bridgehead atoms. The molecule has 1 aromatic rings. The van der Waals surface area contributed by atoms with Crippen molar-refractivity contribution in [2.45, 2.75) is 57.7 Å². The van der Waals surface area contributed by atoms with Crippen molar-refractivity contribution in [1.82, 2.24) is 4.90 Å². The number of likely N-dealkylation sites (N-methyl/N-ethyl adjacent to an activating group) is 1. The fourth-order valence-electron chi connectivity index (χ4n) is 6.61. The van der Waals surface area contributed by atoms with Crippen LogP contribution in [0.1, 0.15) is 44.7 Å². The topological polar surface area (TPSA) is 282 Å². The van der Waals surface area contributed by atoms with Crippen LogP contribution in [0, 0.1) is 22.0 Å². The third kappa shape index (κ3) is 5.98. The van der Waals surface area contributed by atoms with Gasteiger partial charge < -0.3 is 31.1 Å². The molecule has 45 heavy (non-hydrogen) atoms. The van der Waals surface area contributed by atoms with Crippen molar-refractivity contribution in [2.24, 2.45) is 17.6 Å². The Balaban J connectivity index is 0.00000102. The highest BCUT2D eigenvalue weighted by atomic mass is 32.3. The van der Waals surface area contributed by atoms with Gasteiger partial charge in [-0.15, -0.1) is 0 Å². The van der Waals surface area contributed by atoms with Crippen molar-refractivity contribution in [3.05, 3.63) is 44.2 Å². The summed E-state index contributed by atoms with van der Waals surface area (Å²) in [5, 5.41) is 56.9. The molecular weight excluding hydrogens is 620 g/mol. The average Bonchev–Trinajstić information content (AvgIpc) is 2.90. The number of fused-ring (bicyclic) bond motifs is 3. The zero-order valence-electron chi connectivity index (χ0n) is 25.1. The van der Waals surface area contributed by atoms with Crippen molar-refractivity contribution in [2.75, 3.05) is 25.5 Å². The number of aliphatic hydroxyl groups excluding tert-OH is 2. The molecule has 1 amide bonds. The minimum atomic E-state index is -4.67. The van der Waals surface area contributed by atoms with Crippen LogP contribution in [0.5, 0.6) is 5.75 Å². The number of hydrogen-bond acceptors (Lipinski definition) is 13. The quantitative estimate of drug-likeness (QED) is 0.0926. The molecule has 8 N–H and O–H groups in total. The van der Waals surface area contributed by atoms with E-state index in [1.807, 2.05) is 25.7 Å². The molecule has 3 aliphatic carbocycles. The van der Waals surface area contributed by atoms with Crippen molar-refractivity contribution in [1.29, 1.82) is 0 Å². The van der Waals surface area contributed by atoms with E-state index in [-0.39, 0.29) is 30.0 Å². The molecule has 1 aromatic carbocycles. The second-order valence-corrected chi connectivity index (χ2v) is 12.2. The fourth-order valence-corrected chi connectivity index (χ4v) is 6.61. The second-order valence-electron chi connectivity index (χ2n) is 11.3. The lowest BCUT2D eigenvalue weighted by Gasteiger charge is -2.50. The number of amides is 1. The van der Waals surface area contributed by atoms with Crippen LogP contribution in [-0.4, -0.2) is 104 Å². The monoisotopic (exact) mass is 656 g/mol. The predicted molar refractivity (Wildman–Crippen MR) is 158 cm³/mol. The minimum absolute atomic E-state index is 0.0440. The molecule has 5 atom stereocenters. The molecule has 3 aliphatic rings. The maximum atomic E-state index is 14.0. The van der Waals surface area contributed by atoms with Crippen LogP contribution in [0.4, 0.5) is 11.4 Å². The molecule has 1 saturated carbocycles. The molecule has 18 heteroatoms. The molecule has 0 radical (unpaired) electrons. The van der Waals surface area contributed by atoms with Gasteiger partial charge in [-0.25, -0.2) is 0 Å². The number of rotatable bonds is 7. The van der Waals surface area contributed by atoms with Crippen LogP contribution in [0.2, 0.25) is 0 Å². The largest absolute Gasteiger partial charge is 0.508 e. The van der Waals surface area contributed by atoms with Gasteiger partial charge in [0.15, 0.2) is 11.4 Å². The number of anilines is 1. The highest BCUT2D eigenvalue weighted by Crippen LogP contribution is 2.55. The van der Waals surface area contributed by atoms with Gasteiger partial charge in [-0.2, -0.15) is 8.42 Å². The Hall–Kier alpha value is -4.10. The summed E-state index contributed by atoms with van der Waals surface area (Å²) < 4.78 is 31.6. The van der Waals surface area contributed by atoms with Crippen LogP contribution in [-0.2, 0) is 31.2 Å². The van der Waals surface area contributed by atoms with Gasteiger partial charge in [0.1, 0.15) is 17.1 Å². The van der Waals surface area contributed by atoms with E-state index in [0.717, 1.165) is 0 Å². The van der Waals surface area contributed by atoms with E-state index in [1.165, 1.54) is 25.1 Å². The number of benzene rings is 1. The number of nitrogens with zero attached hydrogens (tertiary/aromatic N) is 3. The number of nitro groups is 1. The van der Waals surface area contributed by atoms with Crippen LogP contribution in [0.25, 0.3) is 5.76 Å². The molecular formula is C27H36N4O13S. The summed E-state index contributed by atoms with van der Waals surface area (Å²) >= 11 is 0. The van der Waals surface area contributed by atoms with E-state index in [9.17, 15) is 44.9 Å². The van der Waals surface area contributed by atoms with Gasteiger partial charge in [-0.3, -0.25) is 38.5 Å². The third-order valence-corrected chi connectivity index (χ3v) is 8.65. The first-order valence-corrected chi connectivity index (χ1v) is 15.2. The summed E-state index contributed by atoms with van der Waals surface area (Å²) in [6, 6.07) is -0.00883. The number of carbonyl (C=O) groups excluding carboxylic acids is 3. The predicted octanol–water partition coefficient (Wildman–Crippen LogP) is 0.844. The van der Waals surface area contributed by atoms with Crippen molar-refractivity contribution in [3.63, 3.8) is 0 Å². The highest BCUT2D eigenvalue weighted by molar-refractivity contribution is 7.79. The molecule has 4 rings (SSSR count). The Labute approximate surface area is 258 Å². The summed E-state index contributed by atoms with van der Waals surface area (Å²) in [6.45, 7) is 6.21. The number of hydrogen-bond donors (Lipinski definition) is 7. The van der Waals surface area contributed by atoms with Gasteiger partial charge in [0.25, 0.3) is 5.91 Å². The fraction of sp³-hybridized carbons (Fsp3) is 0.519. The van der Waals surface area contributed by atoms with Crippen LogP contribution >= 0.6 is 0 Å². The molecule has 0 saturated heterocycles. The van der Waals surface area contributed by atoms with Crippen LogP contribution in [0.15, 0.2) is 23.0 Å². The molecule has 0 heterocycles. The van der Waals surface area contributed by atoms with Gasteiger partial charge in [0.05, 0.1) is 16.5 Å². The number of ketones is 2. The van der Waals surface area contributed by atoms with Gasteiger partial charge in [0.2, 0.25) is 11.5 Å². The molecule has 0 aliphatic heterocycles. The molecule has 1 fully saturated rings. The molecule has 248 valence electrons. The maximum absolute atomic E-state index is 14.0. The summed E-state index contributed by atoms with van der Waals surface area (Å²) in [6.07, 6.45) is 0.669. The standard InChI is InChI=1S/C27H34N4O9.H2O4S/c1-6-11(3)30(7-2)15-10-16(31(39)40)21(32)18-13(15)8-12-9-14-20(29(4)5)23(34)19(26(28)37)25(36)27(14,38)24(35)17(12)22(18)33;1-5(2,3)4/h10-12,14,20,32-33,36,38H,6-9H2,1-5H3,(H2,28,37);(H2,1,2,3,4)/t11?,12?,14?,20-,27-;/m0./s1. The minimum Gasteiger partial charge on any atom is -0.508 e. The summed E-state index contributed by atoms with van der Waals surface area (Å²) in [4.78, 5) is 53.7. The zero-order chi connectivity index (χ0) is 34.5. The Morgan fingerprint density at radius 1 is 1.20 bits per heavy atom. The number of phenols is 1. The molecule has 0 aromatic heterocycles. The Morgan fingerprint density at radius 3 is 2.20 bits per heavy atom. The number of aromatic hydroxyl groups is 1. The lowest BCUT2D eigenvalue weighted by Crippen LogP contribution is -2.65. The van der Waals surface area contributed by atoms with E-state index in [1.54, 1.807) is 0 Å². The van der Waals surface area contributed by atoms with E-state index < -0.39 is 84.8 Å². The van der Waals surface area contributed by atoms with Crippen molar-refractivity contribution in [3.8, 4) is 5.75 Å². The van der Waals surface area contributed by atoms with Crippen LogP contribution in [0.3, 0.4) is 0 Å². The molecule has 0 spiro atoms. The lowest BCUT2D eigenvalue weighted by molar-refractivity contribution is -0.385. The van der Waals surface area contributed by atoms with Crippen molar-refractivity contribution < 1.29 is 57.3 Å². The first kappa shape index (κ1) is 35.4. The van der Waals surface area contributed by atoms with Gasteiger partial charge in [-0.1, -0.05) is 6.92 Å². The second kappa shape index (κ2) is 12.4. The average molecular weight is 657 g/mol. The number of nitro benzene ring substituents is 1. The Morgan fingerprint density at radius 2 is 1.76 bits per heavy atom. The van der Waals surface area contributed by atoms with Gasteiger partial charge in [0, 0.05) is 35.8 Å². The number of carbonyl (C=O) groups is 3. The van der Waals surface area contributed by atoms with E-state index in [4.69, 9.17) is 23.3 Å². The summed E-state index contributed by atoms with van der Waals surface area (Å²) in [5.74, 6) is -8.12. The molecule has 3 unspecified atom stereocenters. The van der Waals surface area contributed by atoms with E-state index >= 15 is 0 Å². The third-order valence-electron chi connectivity index (χ3n) is 8.65. The van der Waals surface area contributed by atoms with Crippen LogP contribution < -0.4 is 10.6 Å². The first-order chi connectivity index (χ1) is 20.6. The smallest absolute Gasteiger partial charge is 0.394 e. The number of phenolic OH excluding ortho intramolecular Hbond substituents is 1. The Bertz CT molecular complexity index is 1630. The maximum Gasteiger partial charge on any atom is 0.394 e. The van der Waals surface area contributed by atoms with Gasteiger partial charge in [-0.05, 0) is 58.7 Å². The summed E-state index contributed by atoms with van der Waals surface area (Å²) in [7, 11) is -1.62. The summed E-state index contributed by atoms with van der Waals surface area (Å²) in [5.41, 5.74) is 1.11. The van der Waals surface area contributed by atoms with Gasteiger partial charge >= 0.3 is 16.1 Å². The van der Waals surface area contributed by atoms with Crippen molar-refractivity contribution >= 4 is 45.0 Å². The van der Waals surface area contributed by atoms with E-state index in [0.29, 0.717) is 24.2 Å². The lowest BCUT2D eigenvalue weighted by atomic mass is 9.57. The zero-order valence-corrected chi connectivity index (χ0v) is 25.9. The number of aliphatic hydroxyl groups is 3.